The molecule has 3 rings (SSSR count). The fraction of sp³-hybridized carbons (Fsp3) is 0.333. The van der Waals surface area contributed by atoms with Gasteiger partial charge in [0.2, 0.25) is 0 Å². The molecular weight excluding hydrogens is 317 g/mol. The van der Waals surface area contributed by atoms with Crippen LogP contribution in [0.2, 0.25) is 10.0 Å². The molecule has 2 aromatic carbocycles. The molecule has 0 aliphatic carbocycles. The Hall–Kier alpha value is -1.22. The highest BCUT2D eigenvalue weighted by atomic mass is 35.5. The summed E-state index contributed by atoms with van der Waals surface area (Å²) in [5.74, 6) is 1.03. The standard InChI is InChI=1S/C18H19Cl2NO/c1-12-7-13(2)16-10-21(11-22-18(16)8-12)6-5-14-3-4-15(19)9-17(14)20/h3-4,7-9H,5-6,10-11H2,1-2H3. The van der Waals surface area contributed by atoms with Crippen LogP contribution in [0.3, 0.4) is 0 Å². The van der Waals surface area contributed by atoms with Crippen molar-refractivity contribution in [2.75, 3.05) is 13.3 Å². The number of halogens is 2. The van der Waals surface area contributed by atoms with Crippen LogP contribution in [-0.4, -0.2) is 18.2 Å². The number of aryl methyl sites for hydroxylation is 2. The van der Waals surface area contributed by atoms with Crippen molar-refractivity contribution in [1.82, 2.24) is 4.90 Å². The zero-order valence-corrected chi connectivity index (χ0v) is 14.3. The maximum absolute atomic E-state index is 6.24. The van der Waals surface area contributed by atoms with Crippen molar-refractivity contribution in [1.29, 1.82) is 0 Å². The molecule has 22 heavy (non-hydrogen) atoms. The van der Waals surface area contributed by atoms with Crippen LogP contribution >= 0.6 is 23.2 Å². The van der Waals surface area contributed by atoms with Gasteiger partial charge in [0, 0.05) is 28.7 Å². The average molecular weight is 336 g/mol. The Morgan fingerprint density at radius 2 is 1.95 bits per heavy atom. The molecule has 0 aromatic heterocycles. The lowest BCUT2D eigenvalue weighted by atomic mass is 10.0. The molecule has 0 fully saturated rings. The minimum Gasteiger partial charge on any atom is -0.478 e. The smallest absolute Gasteiger partial charge is 0.142 e. The lowest BCUT2D eigenvalue weighted by Gasteiger charge is -2.30. The predicted octanol–water partition coefficient (Wildman–Crippen LogP) is 5.00. The van der Waals surface area contributed by atoms with Crippen molar-refractivity contribution in [3.63, 3.8) is 0 Å². The molecule has 0 atom stereocenters. The van der Waals surface area contributed by atoms with Crippen LogP contribution in [-0.2, 0) is 13.0 Å². The van der Waals surface area contributed by atoms with E-state index in [0.29, 0.717) is 11.8 Å². The Labute approximate surface area is 141 Å². The van der Waals surface area contributed by atoms with Crippen LogP contribution in [0.5, 0.6) is 5.75 Å². The molecule has 1 heterocycles. The molecule has 0 bridgehead atoms. The zero-order chi connectivity index (χ0) is 15.7. The van der Waals surface area contributed by atoms with E-state index in [0.717, 1.165) is 35.8 Å². The fourth-order valence-electron chi connectivity index (χ4n) is 2.87. The third kappa shape index (κ3) is 3.40. The number of hydrogen-bond donors (Lipinski definition) is 0. The van der Waals surface area contributed by atoms with E-state index >= 15 is 0 Å². The number of fused-ring (bicyclic) bond motifs is 1. The van der Waals surface area contributed by atoms with Gasteiger partial charge in [-0.3, -0.25) is 4.90 Å². The van der Waals surface area contributed by atoms with E-state index in [1.807, 2.05) is 12.1 Å². The quantitative estimate of drug-likeness (QED) is 0.782. The minimum absolute atomic E-state index is 0.626. The first-order chi connectivity index (χ1) is 10.5. The van der Waals surface area contributed by atoms with E-state index in [9.17, 15) is 0 Å². The van der Waals surface area contributed by atoms with Crippen LogP contribution in [0, 0.1) is 13.8 Å². The summed E-state index contributed by atoms with van der Waals surface area (Å²) in [5, 5.41) is 1.41. The highest BCUT2D eigenvalue weighted by Gasteiger charge is 2.19. The summed E-state index contributed by atoms with van der Waals surface area (Å²) in [6.45, 7) is 6.71. The average Bonchev–Trinajstić information content (AvgIpc) is 2.46. The predicted molar refractivity (Wildman–Crippen MR) is 92.0 cm³/mol. The van der Waals surface area contributed by atoms with Gasteiger partial charge in [0.15, 0.2) is 0 Å². The molecule has 116 valence electrons. The van der Waals surface area contributed by atoms with E-state index < -0.39 is 0 Å². The highest BCUT2D eigenvalue weighted by molar-refractivity contribution is 6.35. The monoisotopic (exact) mass is 335 g/mol. The Kier molecular flexibility index (Phi) is 4.62. The molecule has 2 aromatic rings. The lowest BCUT2D eigenvalue weighted by molar-refractivity contribution is 0.0960. The fourth-order valence-corrected chi connectivity index (χ4v) is 3.37. The lowest BCUT2D eigenvalue weighted by Crippen LogP contribution is -2.34. The third-order valence-corrected chi connectivity index (χ3v) is 4.66. The maximum atomic E-state index is 6.24. The zero-order valence-electron chi connectivity index (χ0n) is 12.8. The number of benzene rings is 2. The summed E-state index contributed by atoms with van der Waals surface area (Å²) in [6, 6.07) is 10.0. The summed E-state index contributed by atoms with van der Waals surface area (Å²) in [7, 11) is 0. The summed E-state index contributed by atoms with van der Waals surface area (Å²) in [6.07, 6.45) is 0.888. The second-order valence-electron chi connectivity index (χ2n) is 5.87. The molecule has 0 spiro atoms. The second kappa shape index (κ2) is 6.49. The number of ether oxygens (including phenoxy) is 1. The van der Waals surface area contributed by atoms with Crippen molar-refractivity contribution in [2.24, 2.45) is 0 Å². The molecule has 0 amide bonds. The van der Waals surface area contributed by atoms with Crippen molar-refractivity contribution in [3.8, 4) is 5.75 Å². The molecule has 0 N–H and O–H groups in total. The van der Waals surface area contributed by atoms with Gasteiger partial charge < -0.3 is 4.74 Å². The molecule has 4 heteroatoms. The van der Waals surface area contributed by atoms with Crippen LogP contribution in [0.25, 0.3) is 0 Å². The van der Waals surface area contributed by atoms with Crippen LogP contribution in [0.1, 0.15) is 22.3 Å². The molecule has 0 unspecified atom stereocenters. The van der Waals surface area contributed by atoms with Gasteiger partial charge in [-0.1, -0.05) is 35.3 Å². The van der Waals surface area contributed by atoms with E-state index in [-0.39, 0.29) is 0 Å². The third-order valence-electron chi connectivity index (χ3n) is 4.07. The topological polar surface area (TPSA) is 12.5 Å². The van der Waals surface area contributed by atoms with Crippen LogP contribution < -0.4 is 4.74 Å². The molecular formula is C18H19Cl2NO. The largest absolute Gasteiger partial charge is 0.478 e. The first-order valence-corrected chi connectivity index (χ1v) is 8.18. The number of nitrogens with zero attached hydrogens (tertiary/aromatic N) is 1. The van der Waals surface area contributed by atoms with Gasteiger partial charge in [-0.15, -0.1) is 0 Å². The molecule has 0 radical (unpaired) electrons. The van der Waals surface area contributed by atoms with Crippen LogP contribution in [0.15, 0.2) is 30.3 Å². The van der Waals surface area contributed by atoms with E-state index in [4.69, 9.17) is 27.9 Å². The molecule has 0 saturated heterocycles. The Morgan fingerprint density at radius 3 is 2.73 bits per heavy atom. The van der Waals surface area contributed by atoms with Crippen molar-refractivity contribution < 1.29 is 4.74 Å². The van der Waals surface area contributed by atoms with Gasteiger partial charge in [0.05, 0.1) is 0 Å². The van der Waals surface area contributed by atoms with Gasteiger partial charge in [-0.05, 0) is 55.2 Å². The van der Waals surface area contributed by atoms with E-state index in [2.05, 4.69) is 30.9 Å². The molecule has 2 nitrogen and oxygen atoms in total. The van der Waals surface area contributed by atoms with Gasteiger partial charge in [-0.25, -0.2) is 0 Å². The summed E-state index contributed by atoms with van der Waals surface area (Å²) in [5.41, 5.74) is 4.96. The van der Waals surface area contributed by atoms with Crippen LogP contribution in [0.4, 0.5) is 0 Å². The van der Waals surface area contributed by atoms with Gasteiger partial charge in [-0.2, -0.15) is 0 Å². The maximum Gasteiger partial charge on any atom is 0.142 e. The normalized spacial score (nSPS) is 14.5. The SMILES string of the molecule is Cc1cc(C)c2c(c1)OCN(CCc1ccc(Cl)cc1Cl)C2. The molecule has 1 aliphatic heterocycles. The summed E-state index contributed by atoms with van der Waals surface area (Å²) in [4.78, 5) is 2.30. The van der Waals surface area contributed by atoms with E-state index in [1.165, 1.54) is 16.7 Å². The Balaban J connectivity index is 1.68. The molecule has 0 saturated carbocycles. The minimum atomic E-state index is 0.626. The number of rotatable bonds is 3. The summed E-state index contributed by atoms with van der Waals surface area (Å²) < 4.78 is 5.91. The van der Waals surface area contributed by atoms with Crippen molar-refractivity contribution in [3.05, 3.63) is 62.6 Å². The van der Waals surface area contributed by atoms with Gasteiger partial charge >= 0.3 is 0 Å². The van der Waals surface area contributed by atoms with Crippen molar-refractivity contribution >= 4 is 23.2 Å². The van der Waals surface area contributed by atoms with Gasteiger partial charge in [0.25, 0.3) is 0 Å². The summed E-state index contributed by atoms with van der Waals surface area (Å²) >= 11 is 12.2. The first-order valence-electron chi connectivity index (χ1n) is 7.42. The number of hydrogen-bond acceptors (Lipinski definition) is 2. The first kappa shape index (κ1) is 15.7. The van der Waals surface area contributed by atoms with Crippen molar-refractivity contribution in [2.45, 2.75) is 26.8 Å². The van der Waals surface area contributed by atoms with Gasteiger partial charge in [0.1, 0.15) is 12.5 Å². The highest BCUT2D eigenvalue weighted by Crippen LogP contribution is 2.29. The second-order valence-corrected chi connectivity index (χ2v) is 6.71. The molecule has 1 aliphatic rings. The van der Waals surface area contributed by atoms with E-state index in [1.54, 1.807) is 6.07 Å². The Morgan fingerprint density at radius 1 is 1.14 bits per heavy atom. The Bertz CT molecular complexity index is 700.